The number of unbranched alkanes of at least 4 members (excludes halogenated alkanes) is 4. The molecule has 0 aromatic rings. The first-order valence-corrected chi connectivity index (χ1v) is 8.52. The minimum absolute atomic E-state index is 0.295. The summed E-state index contributed by atoms with van der Waals surface area (Å²) in [5, 5.41) is 0. The van der Waals surface area contributed by atoms with Gasteiger partial charge in [0.15, 0.2) is 5.79 Å². The molecule has 116 valence electrons. The Morgan fingerprint density at radius 1 is 0.579 bits per heavy atom. The monoisotopic (exact) mass is 272 g/mol. The number of rotatable bonds is 14. The minimum atomic E-state index is -0.295. The van der Waals surface area contributed by atoms with Crippen molar-refractivity contribution in [1.82, 2.24) is 0 Å². The van der Waals surface area contributed by atoms with Gasteiger partial charge >= 0.3 is 0 Å². The van der Waals surface area contributed by atoms with Gasteiger partial charge < -0.3 is 9.47 Å². The predicted octanol–water partition coefficient (Wildman–Crippen LogP) is 5.70. The van der Waals surface area contributed by atoms with E-state index in [-0.39, 0.29) is 5.79 Å². The highest BCUT2D eigenvalue weighted by Crippen LogP contribution is 2.28. The van der Waals surface area contributed by atoms with Crippen LogP contribution in [-0.4, -0.2) is 19.0 Å². The maximum atomic E-state index is 6.20. The summed E-state index contributed by atoms with van der Waals surface area (Å²) in [5.41, 5.74) is 0. The zero-order valence-corrected chi connectivity index (χ0v) is 13.8. The van der Waals surface area contributed by atoms with Gasteiger partial charge in [0.1, 0.15) is 0 Å². The molecule has 0 radical (unpaired) electrons. The molecule has 0 rings (SSSR count). The highest BCUT2D eigenvalue weighted by molar-refractivity contribution is 4.71. The molecular weight excluding hydrogens is 236 g/mol. The molecule has 0 aromatic carbocycles. The lowest BCUT2D eigenvalue weighted by Gasteiger charge is -2.34. The summed E-state index contributed by atoms with van der Waals surface area (Å²) in [6, 6.07) is 0. The summed E-state index contributed by atoms with van der Waals surface area (Å²) in [6.07, 6.45) is 11.6. The molecule has 0 saturated carbocycles. The molecule has 2 nitrogen and oxygen atoms in total. The van der Waals surface area contributed by atoms with Crippen molar-refractivity contribution in [1.29, 1.82) is 0 Å². The molecule has 2 heteroatoms. The average molecular weight is 272 g/mol. The first-order chi connectivity index (χ1) is 9.24. The molecule has 0 fully saturated rings. The summed E-state index contributed by atoms with van der Waals surface area (Å²) in [7, 11) is 0. The lowest BCUT2D eigenvalue weighted by molar-refractivity contribution is -0.247. The Morgan fingerprint density at radius 3 is 1.26 bits per heavy atom. The Morgan fingerprint density at radius 2 is 0.947 bits per heavy atom. The molecule has 0 bridgehead atoms. The Labute approximate surface area is 121 Å². The fourth-order valence-electron chi connectivity index (χ4n) is 2.15. The third-order valence-electron chi connectivity index (χ3n) is 3.55. The Kier molecular flexibility index (Phi) is 12.9. The predicted molar refractivity (Wildman–Crippen MR) is 83.5 cm³/mol. The zero-order chi connectivity index (χ0) is 14.4. The summed E-state index contributed by atoms with van der Waals surface area (Å²) < 4.78 is 12.4. The van der Waals surface area contributed by atoms with Crippen LogP contribution in [0.25, 0.3) is 0 Å². The van der Waals surface area contributed by atoms with E-state index >= 15 is 0 Å². The minimum Gasteiger partial charge on any atom is -0.350 e. The van der Waals surface area contributed by atoms with Crippen LogP contribution >= 0.6 is 0 Å². The highest BCUT2D eigenvalue weighted by atomic mass is 16.7. The molecule has 0 aliphatic rings. The van der Waals surface area contributed by atoms with E-state index in [1.807, 2.05) is 0 Å². The van der Waals surface area contributed by atoms with Gasteiger partial charge in [-0.15, -0.1) is 0 Å². The van der Waals surface area contributed by atoms with E-state index in [1.54, 1.807) is 0 Å². The van der Waals surface area contributed by atoms with Gasteiger partial charge in [-0.2, -0.15) is 0 Å². The molecule has 0 unspecified atom stereocenters. The smallest absolute Gasteiger partial charge is 0.168 e. The van der Waals surface area contributed by atoms with Crippen molar-refractivity contribution in [2.45, 2.75) is 97.7 Å². The van der Waals surface area contributed by atoms with Crippen LogP contribution in [0.5, 0.6) is 0 Å². The van der Waals surface area contributed by atoms with Gasteiger partial charge in [-0.25, -0.2) is 0 Å². The Balaban J connectivity index is 4.44. The molecule has 0 N–H and O–H groups in total. The summed E-state index contributed by atoms with van der Waals surface area (Å²) in [5.74, 6) is -0.295. The van der Waals surface area contributed by atoms with Crippen molar-refractivity contribution >= 4 is 0 Å². The Hall–Kier alpha value is -0.0800. The normalized spacial score (nSPS) is 12.0. The van der Waals surface area contributed by atoms with E-state index in [2.05, 4.69) is 27.7 Å². The summed E-state index contributed by atoms with van der Waals surface area (Å²) >= 11 is 0. The number of hydrogen-bond acceptors (Lipinski definition) is 2. The van der Waals surface area contributed by atoms with Crippen LogP contribution in [0.3, 0.4) is 0 Å². The van der Waals surface area contributed by atoms with Crippen LogP contribution in [0.15, 0.2) is 0 Å². The van der Waals surface area contributed by atoms with Gasteiger partial charge in [0.05, 0.1) is 13.2 Å². The third-order valence-corrected chi connectivity index (χ3v) is 3.55. The van der Waals surface area contributed by atoms with Crippen LogP contribution in [0.1, 0.15) is 91.9 Å². The van der Waals surface area contributed by atoms with Crippen LogP contribution in [0, 0.1) is 0 Å². The molecule has 0 spiro atoms. The molecule has 0 amide bonds. The maximum Gasteiger partial charge on any atom is 0.168 e. The van der Waals surface area contributed by atoms with E-state index in [0.717, 1.165) is 38.9 Å². The SMILES string of the molecule is CCCCOC(CCCC)(CCCC)OCCCC. The fourth-order valence-corrected chi connectivity index (χ4v) is 2.15. The second kappa shape index (κ2) is 12.9. The van der Waals surface area contributed by atoms with Gasteiger partial charge in [0, 0.05) is 12.8 Å². The van der Waals surface area contributed by atoms with Gasteiger partial charge in [0.25, 0.3) is 0 Å². The van der Waals surface area contributed by atoms with Crippen molar-refractivity contribution in [2.75, 3.05) is 13.2 Å². The topological polar surface area (TPSA) is 18.5 Å². The number of ether oxygens (including phenoxy) is 2. The molecule has 0 heterocycles. The summed E-state index contributed by atoms with van der Waals surface area (Å²) in [4.78, 5) is 0. The van der Waals surface area contributed by atoms with Crippen LogP contribution in [0.2, 0.25) is 0 Å². The molecule has 0 saturated heterocycles. The zero-order valence-electron chi connectivity index (χ0n) is 13.8. The van der Waals surface area contributed by atoms with Gasteiger partial charge in [-0.3, -0.25) is 0 Å². The van der Waals surface area contributed by atoms with Crippen LogP contribution in [0.4, 0.5) is 0 Å². The van der Waals surface area contributed by atoms with E-state index < -0.39 is 0 Å². The van der Waals surface area contributed by atoms with E-state index in [0.29, 0.717) is 0 Å². The number of hydrogen-bond donors (Lipinski definition) is 0. The second-order valence-corrected chi connectivity index (χ2v) is 5.52. The molecule has 19 heavy (non-hydrogen) atoms. The molecule has 0 atom stereocenters. The van der Waals surface area contributed by atoms with Gasteiger partial charge in [0.2, 0.25) is 0 Å². The second-order valence-electron chi connectivity index (χ2n) is 5.52. The quantitative estimate of drug-likeness (QED) is 0.298. The maximum absolute atomic E-state index is 6.20. The lowest BCUT2D eigenvalue weighted by atomic mass is 10.0. The van der Waals surface area contributed by atoms with Crippen molar-refractivity contribution in [3.63, 3.8) is 0 Å². The van der Waals surface area contributed by atoms with Crippen molar-refractivity contribution < 1.29 is 9.47 Å². The van der Waals surface area contributed by atoms with Crippen LogP contribution < -0.4 is 0 Å². The third kappa shape index (κ3) is 9.45. The largest absolute Gasteiger partial charge is 0.350 e. The van der Waals surface area contributed by atoms with E-state index in [4.69, 9.17) is 9.47 Å². The highest BCUT2D eigenvalue weighted by Gasteiger charge is 2.30. The van der Waals surface area contributed by atoms with E-state index in [9.17, 15) is 0 Å². The molecular formula is C17H36O2. The molecule has 0 aliphatic heterocycles. The summed E-state index contributed by atoms with van der Waals surface area (Å²) in [6.45, 7) is 10.6. The van der Waals surface area contributed by atoms with Crippen LogP contribution in [-0.2, 0) is 9.47 Å². The molecule has 0 aromatic heterocycles. The molecule has 0 aliphatic carbocycles. The average Bonchev–Trinajstić information content (AvgIpc) is 2.43. The van der Waals surface area contributed by atoms with E-state index in [1.165, 1.54) is 38.5 Å². The van der Waals surface area contributed by atoms with Crippen molar-refractivity contribution in [3.05, 3.63) is 0 Å². The first-order valence-electron chi connectivity index (χ1n) is 8.52. The first kappa shape index (κ1) is 18.9. The van der Waals surface area contributed by atoms with Crippen molar-refractivity contribution in [2.24, 2.45) is 0 Å². The van der Waals surface area contributed by atoms with Crippen molar-refractivity contribution in [3.8, 4) is 0 Å². The standard InChI is InChI=1S/C17H36O2/c1-5-9-13-17(14-10-6-2,18-15-11-7-3)19-16-12-8-4/h5-16H2,1-4H3. The lowest BCUT2D eigenvalue weighted by Crippen LogP contribution is -2.37. The Bertz CT molecular complexity index is 160. The fraction of sp³-hybridized carbons (Fsp3) is 1.00. The van der Waals surface area contributed by atoms with Gasteiger partial charge in [-0.1, -0.05) is 53.4 Å². The van der Waals surface area contributed by atoms with Gasteiger partial charge in [-0.05, 0) is 25.7 Å².